The second-order valence-corrected chi connectivity index (χ2v) is 10.1. The maximum Gasteiger partial charge on any atom is 0.335 e. The molecule has 0 aliphatic carbocycles. The number of carbonyl (C=O) groups excluding carboxylic acids is 1. The summed E-state index contributed by atoms with van der Waals surface area (Å²) in [5.41, 5.74) is 9.38. The van der Waals surface area contributed by atoms with Crippen LogP contribution in [0.5, 0.6) is 0 Å². The number of nitrogens with one attached hydrogen (secondary N) is 2. The maximum atomic E-state index is 13.3. The largest absolute Gasteiger partial charge is 0.382 e. The van der Waals surface area contributed by atoms with Gasteiger partial charge < -0.3 is 16.4 Å². The van der Waals surface area contributed by atoms with Crippen LogP contribution in [0.1, 0.15) is 41.9 Å². The zero-order valence-electron chi connectivity index (χ0n) is 22.0. The number of carbonyl (C=O) groups is 1. The summed E-state index contributed by atoms with van der Waals surface area (Å²) in [6, 6.07) is 17.7. The van der Waals surface area contributed by atoms with Gasteiger partial charge in [0, 0.05) is 48.2 Å². The first-order valence-electron chi connectivity index (χ1n) is 13.0. The molecule has 11 nitrogen and oxygen atoms in total. The molecule has 1 aliphatic heterocycles. The summed E-state index contributed by atoms with van der Waals surface area (Å²) in [5.74, 6) is 0.114. The Morgan fingerprint density at radius 1 is 1.07 bits per heavy atom. The molecule has 4 N–H and O–H groups in total. The molecule has 202 valence electrons. The number of fused-ring (bicyclic) bond motifs is 1. The van der Waals surface area contributed by atoms with Crippen molar-refractivity contribution in [2.75, 3.05) is 24.1 Å². The maximum absolute atomic E-state index is 13.3. The van der Waals surface area contributed by atoms with E-state index in [0.29, 0.717) is 23.1 Å². The van der Waals surface area contributed by atoms with Crippen molar-refractivity contribution >= 4 is 22.9 Å². The molecular weight excluding hydrogens is 508 g/mol. The van der Waals surface area contributed by atoms with Crippen molar-refractivity contribution in [1.29, 1.82) is 0 Å². The first-order valence-corrected chi connectivity index (χ1v) is 13.0. The predicted octanol–water partition coefficient (Wildman–Crippen LogP) is 2.81. The van der Waals surface area contributed by atoms with E-state index in [1.54, 1.807) is 42.5 Å². The first kappa shape index (κ1) is 25.3. The van der Waals surface area contributed by atoms with Crippen LogP contribution in [0.2, 0.25) is 0 Å². The molecule has 1 saturated heterocycles. The minimum absolute atomic E-state index is 0.136. The normalized spacial score (nSPS) is 13.5. The lowest BCUT2D eigenvalue weighted by molar-refractivity contribution is 0.102. The van der Waals surface area contributed by atoms with Crippen LogP contribution in [0, 0.1) is 0 Å². The molecule has 0 saturated carbocycles. The number of para-hydroxylation sites is 1. The van der Waals surface area contributed by atoms with Crippen molar-refractivity contribution in [3.05, 3.63) is 105 Å². The molecule has 0 spiro atoms. The lowest BCUT2D eigenvalue weighted by Gasteiger charge is -2.26. The minimum atomic E-state index is -0.684. The highest BCUT2D eigenvalue weighted by Crippen LogP contribution is 2.34. The fraction of sp³-hybridized carbons (Fsp3) is 0.207. The van der Waals surface area contributed by atoms with Gasteiger partial charge in [0.15, 0.2) is 5.82 Å². The van der Waals surface area contributed by atoms with Crippen molar-refractivity contribution in [2.45, 2.75) is 25.8 Å². The molecule has 0 atom stereocenters. The van der Waals surface area contributed by atoms with Crippen LogP contribution in [-0.4, -0.2) is 42.7 Å². The average molecular weight is 537 g/mol. The lowest BCUT2D eigenvalue weighted by Crippen LogP contribution is -2.42. The van der Waals surface area contributed by atoms with Gasteiger partial charge in [-0.05, 0) is 49.7 Å². The summed E-state index contributed by atoms with van der Waals surface area (Å²) < 4.78 is 4.25. The molecule has 11 heteroatoms. The zero-order chi connectivity index (χ0) is 28.0. The van der Waals surface area contributed by atoms with Gasteiger partial charge in [0.05, 0.1) is 5.69 Å². The van der Waals surface area contributed by atoms with Crippen LogP contribution in [0.25, 0.3) is 22.3 Å². The molecule has 0 unspecified atom stereocenters. The summed E-state index contributed by atoms with van der Waals surface area (Å²) in [7, 11) is 0. The molecule has 1 fully saturated rings. The number of amides is 1. The molecule has 5 aromatic rings. The van der Waals surface area contributed by atoms with Crippen molar-refractivity contribution < 1.29 is 4.79 Å². The quantitative estimate of drug-likeness (QED) is 0.303. The van der Waals surface area contributed by atoms with Gasteiger partial charge >= 0.3 is 5.69 Å². The van der Waals surface area contributed by atoms with Gasteiger partial charge in [0.2, 0.25) is 0 Å². The number of nitrogens with two attached hydrogens (primary N) is 1. The Kier molecular flexibility index (Phi) is 6.27. The van der Waals surface area contributed by atoms with E-state index in [2.05, 4.69) is 26.8 Å². The van der Waals surface area contributed by atoms with Crippen LogP contribution >= 0.6 is 0 Å². The van der Waals surface area contributed by atoms with Crippen molar-refractivity contribution in [2.24, 2.45) is 0 Å². The summed E-state index contributed by atoms with van der Waals surface area (Å²) >= 11 is 0. The Hall–Kier alpha value is -5.03. The number of aromatic nitrogens is 5. The van der Waals surface area contributed by atoms with E-state index in [1.165, 1.54) is 17.1 Å². The number of anilines is 2. The highest BCUT2D eigenvalue weighted by molar-refractivity contribution is 6.04. The fourth-order valence-corrected chi connectivity index (χ4v) is 4.94. The number of nitrogen functional groups attached to an aromatic ring is 1. The van der Waals surface area contributed by atoms with Crippen LogP contribution in [0.4, 0.5) is 11.5 Å². The number of hydrogen-bond donors (Lipinski definition) is 3. The smallest absolute Gasteiger partial charge is 0.335 e. The molecule has 1 amide bonds. The van der Waals surface area contributed by atoms with E-state index in [-0.39, 0.29) is 11.6 Å². The van der Waals surface area contributed by atoms with Gasteiger partial charge in [-0.15, -0.1) is 0 Å². The van der Waals surface area contributed by atoms with E-state index < -0.39 is 17.2 Å². The van der Waals surface area contributed by atoms with Crippen LogP contribution in [0.15, 0.2) is 82.8 Å². The fourth-order valence-electron chi connectivity index (χ4n) is 4.94. The van der Waals surface area contributed by atoms with Gasteiger partial charge in [-0.25, -0.2) is 18.9 Å². The van der Waals surface area contributed by atoms with E-state index in [0.717, 1.165) is 40.0 Å². The minimum Gasteiger partial charge on any atom is -0.382 e. The summed E-state index contributed by atoms with van der Waals surface area (Å²) in [6.07, 6.45) is 2.78. The third kappa shape index (κ3) is 4.26. The molecule has 0 radical (unpaired) electrons. The Morgan fingerprint density at radius 3 is 2.45 bits per heavy atom. The number of rotatable bonds is 6. The SMILES string of the molecule is CC(C)n1cc(C(=O)Nc2ccc(-c3cc(C4CNC4)n4ncnc(N)c34)cc2)c(=O)n(-c2ccccc2)c1=O. The number of nitrogens with zero attached hydrogens (tertiary/aromatic N) is 5. The highest BCUT2D eigenvalue weighted by atomic mass is 16.2. The summed E-state index contributed by atoms with van der Waals surface area (Å²) in [6.45, 7) is 5.38. The monoisotopic (exact) mass is 536 g/mol. The van der Waals surface area contributed by atoms with Crippen LogP contribution < -0.4 is 27.6 Å². The van der Waals surface area contributed by atoms with Gasteiger partial charge in [-0.2, -0.15) is 5.10 Å². The Labute approximate surface area is 228 Å². The van der Waals surface area contributed by atoms with E-state index in [4.69, 9.17) is 5.73 Å². The van der Waals surface area contributed by atoms with Crippen molar-refractivity contribution in [3.63, 3.8) is 0 Å². The molecule has 2 aromatic carbocycles. The molecule has 4 heterocycles. The molecular formula is C29H28N8O3. The number of hydrogen-bond acceptors (Lipinski definition) is 7. The Balaban J connectivity index is 1.34. The highest BCUT2D eigenvalue weighted by Gasteiger charge is 2.26. The Bertz CT molecular complexity index is 1850. The molecule has 40 heavy (non-hydrogen) atoms. The Morgan fingerprint density at radius 2 is 1.80 bits per heavy atom. The molecule has 0 bridgehead atoms. The second kappa shape index (κ2) is 9.93. The van der Waals surface area contributed by atoms with Crippen LogP contribution in [0.3, 0.4) is 0 Å². The molecule has 6 rings (SSSR count). The summed E-state index contributed by atoms with van der Waals surface area (Å²) in [4.78, 5) is 43.9. The predicted molar refractivity (Wildman–Crippen MR) is 153 cm³/mol. The third-order valence-electron chi connectivity index (χ3n) is 7.19. The average Bonchev–Trinajstić information content (AvgIpc) is 3.29. The standard InChI is InChI=1S/C29H28N8O3/c1-17(2)35-15-23(28(39)36(29(35)40)21-6-4-3-5-7-21)27(38)34-20-10-8-18(9-11-20)22-12-24(19-13-31-14-19)37-25(22)26(30)32-16-33-37/h3-12,15-17,19,31H,13-14H2,1-2H3,(H,34,38)(H2,30,32,33). The zero-order valence-corrected chi connectivity index (χ0v) is 22.0. The van der Waals surface area contributed by atoms with Crippen molar-refractivity contribution in [1.82, 2.24) is 29.0 Å². The topological polar surface area (TPSA) is 141 Å². The molecule has 1 aliphatic rings. The lowest BCUT2D eigenvalue weighted by atomic mass is 9.98. The van der Waals surface area contributed by atoms with Crippen molar-refractivity contribution in [3.8, 4) is 16.8 Å². The summed E-state index contributed by atoms with van der Waals surface area (Å²) in [5, 5.41) is 10.5. The van der Waals surface area contributed by atoms with Gasteiger partial charge in [-0.1, -0.05) is 30.3 Å². The second-order valence-electron chi connectivity index (χ2n) is 10.1. The van der Waals surface area contributed by atoms with E-state index in [9.17, 15) is 14.4 Å². The number of benzene rings is 2. The third-order valence-corrected chi connectivity index (χ3v) is 7.19. The van der Waals surface area contributed by atoms with E-state index in [1.807, 2.05) is 30.5 Å². The van der Waals surface area contributed by atoms with E-state index >= 15 is 0 Å². The van der Waals surface area contributed by atoms with Gasteiger partial charge in [0.25, 0.3) is 11.5 Å². The van der Waals surface area contributed by atoms with Gasteiger partial charge in [-0.3, -0.25) is 14.2 Å². The first-order chi connectivity index (χ1) is 19.3. The molecule has 3 aromatic heterocycles. The van der Waals surface area contributed by atoms with Gasteiger partial charge in [0.1, 0.15) is 17.4 Å². The van der Waals surface area contributed by atoms with Crippen LogP contribution in [-0.2, 0) is 0 Å².